The van der Waals surface area contributed by atoms with Gasteiger partial charge in [0.1, 0.15) is 5.75 Å². The zero-order chi connectivity index (χ0) is 11.0. The lowest BCUT2D eigenvalue weighted by molar-refractivity contribution is 0.327. The molecular formula is C11H15NO3. The summed E-state index contributed by atoms with van der Waals surface area (Å²) in [5.41, 5.74) is 6.54. The van der Waals surface area contributed by atoms with Crippen molar-refractivity contribution >= 4 is 0 Å². The molecule has 0 saturated heterocycles. The van der Waals surface area contributed by atoms with Gasteiger partial charge >= 0.3 is 0 Å². The van der Waals surface area contributed by atoms with Crippen LogP contribution in [0.5, 0.6) is 17.2 Å². The van der Waals surface area contributed by atoms with Crippen LogP contribution in [0, 0.1) is 0 Å². The standard InChI is InChI=1S/C11H15NO3/c1-15-11-5-9(13)7(4-10(11)14)6-2-3-8(6)12/h4-6,8,13-14H,2-3,12H2,1H3/t6-,8-/m1/s1. The molecule has 1 aliphatic rings. The number of rotatable bonds is 2. The topological polar surface area (TPSA) is 75.7 Å². The molecule has 2 rings (SSSR count). The van der Waals surface area contributed by atoms with Crippen molar-refractivity contribution in [3.05, 3.63) is 17.7 Å². The van der Waals surface area contributed by atoms with Crippen LogP contribution < -0.4 is 10.5 Å². The summed E-state index contributed by atoms with van der Waals surface area (Å²) < 4.78 is 4.90. The zero-order valence-corrected chi connectivity index (χ0v) is 8.60. The largest absolute Gasteiger partial charge is 0.508 e. The summed E-state index contributed by atoms with van der Waals surface area (Å²) >= 11 is 0. The number of aromatic hydroxyl groups is 2. The van der Waals surface area contributed by atoms with E-state index in [4.69, 9.17) is 10.5 Å². The third-order valence-corrected chi connectivity index (χ3v) is 3.06. The Bertz CT molecular complexity index is 378. The summed E-state index contributed by atoms with van der Waals surface area (Å²) in [6.07, 6.45) is 1.93. The van der Waals surface area contributed by atoms with Gasteiger partial charge in [-0.15, -0.1) is 0 Å². The van der Waals surface area contributed by atoms with Crippen molar-refractivity contribution in [1.82, 2.24) is 0 Å². The van der Waals surface area contributed by atoms with Crippen molar-refractivity contribution in [1.29, 1.82) is 0 Å². The maximum Gasteiger partial charge on any atom is 0.164 e. The Balaban J connectivity index is 2.36. The minimum absolute atomic E-state index is 0.0457. The predicted molar refractivity (Wildman–Crippen MR) is 56.3 cm³/mol. The van der Waals surface area contributed by atoms with Gasteiger partial charge in [-0.25, -0.2) is 0 Å². The Morgan fingerprint density at radius 2 is 2.00 bits per heavy atom. The minimum Gasteiger partial charge on any atom is -0.508 e. The number of methoxy groups -OCH3 is 1. The van der Waals surface area contributed by atoms with Gasteiger partial charge in [-0.3, -0.25) is 0 Å². The third-order valence-electron chi connectivity index (χ3n) is 3.06. The molecule has 2 atom stereocenters. The first-order chi connectivity index (χ1) is 7.13. The fourth-order valence-corrected chi connectivity index (χ4v) is 1.95. The summed E-state index contributed by atoms with van der Waals surface area (Å²) in [6.45, 7) is 0. The number of phenols is 2. The Kier molecular flexibility index (Phi) is 2.44. The molecule has 4 heteroatoms. The Morgan fingerprint density at radius 3 is 2.47 bits per heavy atom. The quantitative estimate of drug-likeness (QED) is 0.642. The molecule has 0 aromatic heterocycles. The molecule has 1 aliphatic carbocycles. The first-order valence-corrected chi connectivity index (χ1v) is 4.99. The highest BCUT2D eigenvalue weighted by atomic mass is 16.5. The molecule has 1 aromatic rings. The fraction of sp³-hybridized carbons (Fsp3) is 0.455. The van der Waals surface area contributed by atoms with Gasteiger partial charge in [0.15, 0.2) is 11.5 Å². The second kappa shape index (κ2) is 3.62. The minimum atomic E-state index is 0.0457. The van der Waals surface area contributed by atoms with E-state index in [1.54, 1.807) is 0 Å². The van der Waals surface area contributed by atoms with Gasteiger partial charge in [-0.1, -0.05) is 0 Å². The van der Waals surface area contributed by atoms with E-state index in [9.17, 15) is 10.2 Å². The monoisotopic (exact) mass is 209 g/mol. The van der Waals surface area contributed by atoms with Gasteiger partial charge in [0.25, 0.3) is 0 Å². The van der Waals surface area contributed by atoms with Gasteiger partial charge in [-0.2, -0.15) is 0 Å². The predicted octanol–water partition coefficient (Wildman–Crippen LogP) is 1.31. The van der Waals surface area contributed by atoms with Gasteiger partial charge in [0, 0.05) is 23.6 Å². The molecule has 15 heavy (non-hydrogen) atoms. The Hall–Kier alpha value is -1.42. The Morgan fingerprint density at radius 1 is 1.27 bits per heavy atom. The molecule has 0 unspecified atom stereocenters. The lowest BCUT2D eigenvalue weighted by Crippen LogP contribution is -2.37. The second-order valence-electron chi connectivity index (χ2n) is 3.93. The van der Waals surface area contributed by atoms with Crippen LogP contribution in [-0.2, 0) is 0 Å². The molecule has 0 amide bonds. The van der Waals surface area contributed by atoms with E-state index >= 15 is 0 Å². The highest BCUT2D eigenvalue weighted by Crippen LogP contribution is 2.43. The smallest absolute Gasteiger partial charge is 0.164 e. The van der Waals surface area contributed by atoms with E-state index in [2.05, 4.69) is 0 Å². The molecular weight excluding hydrogens is 194 g/mol. The SMILES string of the molecule is COc1cc(O)c([C@H]2CC[C@H]2N)cc1O. The van der Waals surface area contributed by atoms with Gasteiger partial charge < -0.3 is 20.7 Å². The molecule has 0 spiro atoms. The number of ether oxygens (including phenoxy) is 1. The van der Waals surface area contributed by atoms with Crippen molar-refractivity contribution in [3.63, 3.8) is 0 Å². The first kappa shape index (κ1) is 10.1. The normalized spacial score (nSPS) is 24.7. The van der Waals surface area contributed by atoms with Crippen molar-refractivity contribution in [2.24, 2.45) is 5.73 Å². The summed E-state index contributed by atoms with van der Waals surface area (Å²) in [6, 6.07) is 3.05. The Labute approximate surface area is 88.3 Å². The molecule has 1 fully saturated rings. The molecule has 1 aromatic carbocycles. The molecule has 4 N–H and O–H groups in total. The third kappa shape index (κ3) is 1.61. The highest BCUT2D eigenvalue weighted by molar-refractivity contribution is 5.51. The van der Waals surface area contributed by atoms with Gasteiger partial charge in [-0.05, 0) is 18.9 Å². The lowest BCUT2D eigenvalue weighted by atomic mass is 9.75. The lowest BCUT2D eigenvalue weighted by Gasteiger charge is -2.34. The molecule has 4 nitrogen and oxygen atoms in total. The fourth-order valence-electron chi connectivity index (χ4n) is 1.95. The van der Waals surface area contributed by atoms with Crippen LogP contribution in [-0.4, -0.2) is 23.4 Å². The molecule has 0 aliphatic heterocycles. The van der Waals surface area contributed by atoms with Gasteiger partial charge in [0.05, 0.1) is 7.11 Å². The van der Waals surface area contributed by atoms with Crippen LogP contribution >= 0.6 is 0 Å². The van der Waals surface area contributed by atoms with E-state index in [0.29, 0.717) is 5.56 Å². The molecule has 82 valence electrons. The average molecular weight is 209 g/mol. The maximum atomic E-state index is 9.75. The highest BCUT2D eigenvalue weighted by Gasteiger charge is 2.31. The molecule has 0 bridgehead atoms. The molecule has 0 heterocycles. The van der Waals surface area contributed by atoms with Crippen molar-refractivity contribution in [2.45, 2.75) is 24.8 Å². The molecule has 0 radical (unpaired) electrons. The van der Waals surface area contributed by atoms with E-state index in [0.717, 1.165) is 12.8 Å². The van der Waals surface area contributed by atoms with Crippen LogP contribution in [0.3, 0.4) is 0 Å². The average Bonchev–Trinajstić information content (AvgIpc) is 2.20. The van der Waals surface area contributed by atoms with E-state index in [1.807, 2.05) is 0 Å². The van der Waals surface area contributed by atoms with E-state index < -0.39 is 0 Å². The second-order valence-corrected chi connectivity index (χ2v) is 3.93. The zero-order valence-electron chi connectivity index (χ0n) is 8.60. The number of phenolic OH excluding ortho intramolecular Hbond substituents is 2. The van der Waals surface area contributed by atoms with Crippen LogP contribution in [0.25, 0.3) is 0 Å². The molecule has 1 saturated carbocycles. The van der Waals surface area contributed by atoms with Crippen LogP contribution in [0.2, 0.25) is 0 Å². The summed E-state index contributed by atoms with van der Waals surface area (Å²) in [7, 11) is 1.45. The van der Waals surface area contributed by atoms with Gasteiger partial charge in [0.2, 0.25) is 0 Å². The van der Waals surface area contributed by atoms with Crippen LogP contribution in [0.4, 0.5) is 0 Å². The number of hydrogen-bond donors (Lipinski definition) is 3. The van der Waals surface area contributed by atoms with E-state index in [-0.39, 0.29) is 29.2 Å². The summed E-state index contributed by atoms with van der Waals surface area (Å²) in [5.74, 6) is 0.625. The summed E-state index contributed by atoms with van der Waals surface area (Å²) in [4.78, 5) is 0. The van der Waals surface area contributed by atoms with Crippen LogP contribution in [0.1, 0.15) is 24.3 Å². The number of benzene rings is 1. The van der Waals surface area contributed by atoms with Crippen molar-refractivity contribution in [2.75, 3.05) is 7.11 Å². The number of hydrogen-bond acceptors (Lipinski definition) is 4. The van der Waals surface area contributed by atoms with E-state index in [1.165, 1.54) is 19.2 Å². The van der Waals surface area contributed by atoms with Crippen molar-refractivity contribution < 1.29 is 14.9 Å². The number of nitrogens with two attached hydrogens (primary N) is 1. The van der Waals surface area contributed by atoms with Crippen molar-refractivity contribution in [3.8, 4) is 17.2 Å². The maximum absolute atomic E-state index is 9.75. The first-order valence-electron chi connectivity index (χ1n) is 4.99. The van der Waals surface area contributed by atoms with Crippen LogP contribution in [0.15, 0.2) is 12.1 Å². The summed E-state index contributed by atoms with van der Waals surface area (Å²) in [5, 5.41) is 19.3.